The summed E-state index contributed by atoms with van der Waals surface area (Å²) in [4.78, 5) is 38.3. The Morgan fingerprint density at radius 2 is 1.67 bits per heavy atom. The highest BCUT2D eigenvalue weighted by Gasteiger charge is 2.31. The van der Waals surface area contributed by atoms with Crippen LogP contribution >= 0.6 is 0 Å². The molecule has 1 aliphatic heterocycles. The summed E-state index contributed by atoms with van der Waals surface area (Å²) in [5, 5.41) is 16.1. The highest BCUT2D eigenvalue weighted by Crippen LogP contribution is 2.43. The Morgan fingerprint density at radius 3 is 2.27 bits per heavy atom. The number of H-pyrrole nitrogens is 1. The van der Waals surface area contributed by atoms with Crippen LogP contribution in [0.5, 0.6) is 0 Å². The summed E-state index contributed by atoms with van der Waals surface area (Å²) in [5.74, 6) is 0.277. The first kappa shape index (κ1) is 33.4. The van der Waals surface area contributed by atoms with Crippen molar-refractivity contribution in [2.45, 2.75) is 53.4 Å². The van der Waals surface area contributed by atoms with Crippen LogP contribution in [0.2, 0.25) is 0 Å². The van der Waals surface area contributed by atoms with E-state index in [4.69, 9.17) is 11.6 Å². The zero-order valence-corrected chi connectivity index (χ0v) is 27.8. The van der Waals surface area contributed by atoms with Crippen LogP contribution in [0.15, 0.2) is 101 Å². The van der Waals surface area contributed by atoms with E-state index >= 15 is 0 Å². The van der Waals surface area contributed by atoms with Crippen LogP contribution in [0.4, 0.5) is 11.5 Å². The Morgan fingerprint density at radius 1 is 1.00 bits per heavy atom. The number of nitrogens with one attached hydrogen (secondary N) is 3. The van der Waals surface area contributed by atoms with Gasteiger partial charge in [-0.25, -0.2) is 9.84 Å². The molecule has 3 N–H and O–H groups in total. The third-order valence-corrected chi connectivity index (χ3v) is 8.28. The van der Waals surface area contributed by atoms with Crippen LogP contribution in [0.3, 0.4) is 0 Å². The molecule has 2 heterocycles. The van der Waals surface area contributed by atoms with Crippen molar-refractivity contribution in [2.24, 2.45) is 10.4 Å². The summed E-state index contributed by atoms with van der Waals surface area (Å²) in [6, 6.07) is 29.1. The van der Waals surface area contributed by atoms with Crippen LogP contribution in [0.1, 0.15) is 69.3 Å². The van der Waals surface area contributed by atoms with E-state index in [0.29, 0.717) is 28.4 Å². The predicted molar refractivity (Wildman–Crippen MR) is 192 cm³/mol. The first-order valence-corrected chi connectivity index (χ1v) is 15.9. The Labute approximate surface area is 281 Å². The van der Waals surface area contributed by atoms with Gasteiger partial charge in [-0.15, -0.1) is 0 Å². The lowest BCUT2D eigenvalue weighted by Crippen LogP contribution is -2.39. The Balaban J connectivity index is 1.61. The number of nitrogens with zero attached hydrogens (tertiary/aromatic N) is 3. The smallest absolute Gasteiger partial charge is 0.236 e. The molecular formula is C40H38N6O2. The topological polar surface area (TPSA) is 114 Å². The number of aromatic amines is 1. The molecule has 1 atom stereocenters. The second-order valence-electron chi connectivity index (χ2n) is 12.8. The molecule has 3 aromatic carbocycles. The number of amides is 2. The van der Waals surface area contributed by atoms with Crippen LogP contribution in [-0.2, 0) is 16.0 Å². The summed E-state index contributed by atoms with van der Waals surface area (Å²) >= 11 is 0. The Kier molecular flexibility index (Phi) is 9.87. The molecule has 0 aliphatic carbocycles. The van der Waals surface area contributed by atoms with Gasteiger partial charge in [0.15, 0.2) is 5.84 Å². The monoisotopic (exact) mass is 634 g/mol. The fourth-order valence-corrected chi connectivity index (χ4v) is 5.44. The number of amidine groups is 1. The summed E-state index contributed by atoms with van der Waals surface area (Å²) in [5.41, 5.74) is 5.43. The summed E-state index contributed by atoms with van der Waals surface area (Å²) in [6.07, 6.45) is 2.90. The lowest BCUT2D eigenvalue weighted by molar-refractivity contribution is -0.127. The second kappa shape index (κ2) is 14.2. The minimum absolute atomic E-state index is 0.144. The molecule has 8 heteroatoms. The lowest BCUT2D eigenvalue weighted by Gasteiger charge is -2.17. The SMILES string of the molecule is [C-]#[N+]c1c(NC(=O)Cc2cccc(C(C)CC)c2)[nH]c(C=C2N=C(NC(=O)C(C)(C)C)C(C#N)=C2c2ccccc2)c1-c1ccccc1. The molecular weight excluding hydrogens is 596 g/mol. The fraction of sp³-hybridized carbons (Fsp3) is 0.225. The molecule has 240 valence electrons. The number of allylic oxidation sites excluding steroid dienone is 1. The van der Waals surface area contributed by atoms with Gasteiger partial charge >= 0.3 is 0 Å². The third kappa shape index (κ3) is 7.19. The lowest BCUT2D eigenvalue weighted by atomic mass is 9.95. The van der Waals surface area contributed by atoms with E-state index in [1.54, 1.807) is 26.8 Å². The standard InChI is InChI=1S/C40H38N6O2/c1-7-25(2)29-20-14-15-26(21-29)22-33(47)45-38-36(42-6)35(28-18-12-9-13-19-28)32(44-38)23-31-34(27-16-10-8-11-17-27)30(24-41)37(43-31)46-39(48)40(3,4)5/h8-21,23,25,44H,7,22H2,1-5H3,(H,45,47)(H,43,46,48). The number of hydrogen-bond acceptors (Lipinski definition) is 4. The van der Waals surface area contributed by atoms with E-state index in [1.165, 1.54) is 5.56 Å². The molecule has 2 amide bonds. The van der Waals surface area contributed by atoms with Gasteiger partial charge in [0, 0.05) is 22.2 Å². The molecule has 1 aromatic heterocycles. The van der Waals surface area contributed by atoms with Crippen molar-refractivity contribution in [3.63, 3.8) is 0 Å². The van der Waals surface area contributed by atoms with Crippen molar-refractivity contribution in [1.82, 2.24) is 10.3 Å². The molecule has 1 unspecified atom stereocenters. The zero-order valence-electron chi connectivity index (χ0n) is 27.8. The fourth-order valence-electron chi connectivity index (χ4n) is 5.44. The third-order valence-electron chi connectivity index (χ3n) is 8.28. The van der Waals surface area contributed by atoms with Crippen molar-refractivity contribution in [1.29, 1.82) is 5.26 Å². The van der Waals surface area contributed by atoms with Crippen LogP contribution in [0, 0.1) is 23.3 Å². The maximum absolute atomic E-state index is 13.4. The predicted octanol–water partition coefficient (Wildman–Crippen LogP) is 8.82. The average Bonchev–Trinajstić information content (AvgIpc) is 3.60. The van der Waals surface area contributed by atoms with Gasteiger partial charge < -0.3 is 15.6 Å². The Hall–Kier alpha value is -5.99. The quantitative estimate of drug-likeness (QED) is 0.168. The Bertz CT molecular complexity index is 2030. The van der Waals surface area contributed by atoms with Crippen molar-refractivity contribution in [2.75, 3.05) is 5.32 Å². The van der Waals surface area contributed by atoms with Gasteiger partial charge in [0.2, 0.25) is 17.5 Å². The number of aromatic nitrogens is 1. The van der Waals surface area contributed by atoms with E-state index < -0.39 is 5.41 Å². The van der Waals surface area contributed by atoms with Crippen molar-refractivity contribution < 1.29 is 9.59 Å². The van der Waals surface area contributed by atoms with E-state index in [-0.39, 0.29) is 41.1 Å². The normalized spacial score (nSPS) is 14.2. The number of carbonyl (C=O) groups excluding carboxylic acids is 2. The molecule has 0 bridgehead atoms. The molecule has 0 radical (unpaired) electrons. The minimum Gasteiger partial charge on any atom is -0.351 e. The molecule has 0 saturated carbocycles. The van der Waals surface area contributed by atoms with Gasteiger partial charge in [-0.2, -0.15) is 5.26 Å². The minimum atomic E-state index is -0.713. The second-order valence-corrected chi connectivity index (χ2v) is 12.8. The molecule has 48 heavy (non-hydrogen) atoms. The molecule has 4 aromatic rings. The number of hydrogen-bond donors (Lipinski definition) is 3. The van der Waals surface area contributed by atoms with E-state index in [9.17, 15) is 14.9 Å². The number of aliphatic imine (C=N–C) groups is 1. The van der Waals surface area contributed by atoms with E-state index in [2.05, 4.69) is 52.5 Å². The van der Waals surface area contributed by atoms with E-state index in [0.717, 1.165) is 23.1 Å². The van der Waals surface area contributed by atoms with Crippen molar-refractivity contribution in [3.05, 3.63) is 130 Å². The first-order chi connectivity index (χ1) is 23.0. The maximum atomic E-state index is 13.4. The number of carbonyl (C=O) groups is 2. The molecule has 0 fully saturated rings. The highest BCUT2D eigenvalue weighted by molar-refractivity contribution is 6.21. The average molecular weight is 635 g/mol. The molecule has 5 rings (SSSR count). The van der Waals surface area contributed by atoms with Gasteiger partial charge in [0.1, 0.15) is 17.5 Å². The van der Waals surface area contributed by atoms with Gasteiger partial charge in [-0.05, 0) is 40.7 Å². The highest BCUT2D eigenvalue weighted by atomic mass is 16.2. The van der Waals surface area contributed by atoms with Crippen molar-refractivity contribution in [3.8, 4) is 17.2 Å². The molecule has 0 saturated heterocycles. The summed E-state index contributed by atoms with van der Waals surface area (Å²) in [6.45, 7) is 17.8. The van der Waals surface area contributed by atoms with Gasteiger partial charge in [0.05, 0.1) is 18.7 Å². The van der Waals surface area contributed by atoms with Gasteiger partial charge in [-0.1, -0.05) is 120 Å². The number of nitriles is 1. The maximum Gasteiger partial charge on any atom is 0.236 e. The van der Waals surface area contributed by atoms with E-state index in [1.807, 2.05) is 72.8 Å². The summed E-state index contributed by atoms with van der Waals surface area (Å²) < 4.78 is 0. The van der Waals surface area contributed by atoms with Crippen LogP contribution in [0.25, 0.3) is 27.6 Å². The van der Waals surface area contributed by atoms with Crippen LogP contribution in [-0.4, -0.2) is 22.6 Å². The summed E-state index contributed by atoms with van der Waals surface area (Å²) in [7, 11) is 0. The molecule has 8 nitrogen and oxygen atoms in total. The largest absolute Gasteiger partial charge is 0.351 e. The number of benzene rings is 3. The van der Waals surface area contributed by atoms with Gasteiger partial charge in [0.25, 0.3) is 0 Å². The molecule has 0 spiro atoms. The zero-order chi connectivity index (χ0) is 34.4. The number of rotatable bonds is 8. The number of anilines is 1. The van der Waals surface area contributed by atoms with Gasteiger partial charge in [-0.3, -0.25) is 9.59 Å². The first-order valence-electron chi connectivity index (χ1n) is 15.9. The molecule has 1 aliphatic rings. The van der Waals surface area contributed by atoms with Crippen molar-refractivity contribution >= 4 is 40.8 Å². The van der Waals surface area contributed by atoms with Crippen LogP contribution < -0.4 is 10.6 Å².